The maximum Gasteiger partial charge on any atom is 0.351 e. The average Bonchev–Trinajstić information content (AvgIpc) is 3.29. The summed E-state index contributed by atoms with van der Waals surface area (Å²) in [5.41, 5.74) is 10.2. The van der Waals surface area contributed by atoms with E-state index in [1.54, 1.807) is 11.3 Å². The van der Waals surface area contributed by atoms with Crippen molar-refractivity contribution in [3.05, 3.63) is 33.6 Å². The van der Waals surface area contributed by atoms with E-state index in [1.165, 1.54) is 58.7 Å². The van der Waals surface area contributed by atoms with Crippen LogP contribution >= 0.6 is 22.7 Å². The zero-order valence-corrected chi connectivity index (χ0v) is 19.0. The Labute approximate surface area is 180 Å². The molecule has 154 valence electrons. The third kappa shape index (κ3) is 4.19. The van der Waals surface area contributed by atoms with Crippen LogP contribution in [-0.4, -0.2) is 16.6 Å². The van der Waals surface area contributed by atoms with Crippen LogP contribution in [0.2, 0.25) is 0 Å². The number of aryl methyl sites for hydroxylation is 1. The van der Waals surface area contributed by atoms with Gasteiger partial charge >= 0.3 is 5.97 Å². The Hall–Kier alpha value is -1.92. The van der Waals surface area contributed by atoms with Crippen LogP contribution in [0.1, 0.15) is 73.8 Å². The lowest BCUT2D eigenvalue weighted by atomic mass is 9.95. The first-order chi connectivity index (χ1) is 13.8. The van der Waals surface area contributed by atoms with Crippen LogP contribution in [0.3, 0.4) is 0 Å². The van der Waals surface area contributed by atoms with Crippen molar-refractivity contribution >= 4 is 44.5 Å². The quantitative estimate of drug-likeness (QED) is 0.466. The van der Waals surface area contributed by atoms with E-state index in [9.17, 15) is 4.79 Å². The van der Waals surface area contributed by atoms with Crippen molar-refractivity contribution in [1.29, 1.82) is 0 Å². The Morgan fingerprint density at radius 3 is 2.55 bits per heavy atom. The van der Waals surface area contributed by atoms with Gasteiger partial charge in [-0.25, -0.2) is 9.78 Å². The smallest absolute Gasteiger partial charge is 0.351 e. The highest BCUT2D eigenvalue weighted by atomic mass is 32.1. The summed E-state index contributed by atoms with van der Waals surface area (Å²) in [5.74, 6) is -0.362. The van der Waals surface area contributed by atoms with Crippen molar-refractivity contribution in [2.24, 2.45) is 0 Å². The first kappa shape index (κ1) is 20.4. The number of ether oxygens (including phenoxy) is 1. The van der Waals surface area contributed by atoms with Crippen molar-refractivity contribution in [2.45, 2.75) is 71.3 Å². The van der Waals surface area contributed by atoms with Crippen LogP contribution in [0.15, 0.2) is 17.5 Å². The molecule has 0 aromatic carbocycles. The van der Waals surface area contributed by atoms with Gasteiger partial charge in [0, 0.05) is 21.5 Å². The number of rotatable bonds is 2. The van der Waals surface area contributed by atoms with Crippen molar-refractivity contribution in [3.8, 4) is 10.4 Å². The van der Waals surface area contributed by atoms with Crippen molar-refractivity contribution < 1.29 is 9.53 Å². The van der Waals surface area contributed by atoms with Gasteiger partial charge in [-0.2, -0.15) is 0 Å². The second kappa shape index (κ2) is 8.07. The molecule has 0 aliphatic heterocycles. The van der Waals surface area contributed by atoms with E-state index in [1.807, 2.05) is 20.8 Å². The summed E-state index contributed by atoms with van der Waals surface area (Å²) >= 11 is 3.09. The van der Waals surface area contributed by atoms with Gasteiger partial charge in [-0.15, -0.1) is 22.7 Å². The minimum Gasteiger partial charge on any atom is -0.456 e. The fourth-order valence-electron chi connectivity index (χ4n) is 4.01. The molecule has 0 spiro atoms. The van der Waals surface area contributed by atoms with Gasteiger partial charge in [0.25, 0.3) is 0 Å². The van der Waals surface area contributed by atoms with Crippen LogP contribution in [0.5, 0.6) is 0 Å². The molecule has 3 aromatic heterocycles. The molecule has 0 amide bonds. The van der Waals surface area contributed by atoms with E-state index in [-0.39, 0.29) is 5.97 Å². The summed E-state index contributed by atoms with van der Waals surface area (Å²) in [6.45, 7) is 5.62. The second-order valence-corrected chi connectivity index (χ2v) is 10.6. The summed E-state index contributed by atoms with van der Waals surface area (Å²) in [5, 5.41) is 3.02. The zero-order valence-electron chi connectivity index (χ0n) is 17.3. The predicted molar refractivity (Wildman–Crippen MR) is 123 cm³/mol. The topological polar surface area (TPSA) is 65.2 Å². The third-order valence-corrected chi connectivity index (χ3v) is 7.22. The van der Waals surface area contributed by atoms with Crippen molar-refractivity contribution in [1.82, 2.24) is 4.98 Å². The van der Waals surface area contributed by atoms with Crippen molar-refractivity contribution in [3.63, 3.8) is 0 Å². The Bertz CT molecular complexity index is 1030. The summed E-state index contributed by atoms with van der Waals surface area (Å²) in [6, 6.07) is 4.22. The van der Waals surface area contributed by atoms with Gasteiger partial charge in [0.05, 0.1) is 5.69 Å². The fourth-order valence-corrected chi connectivity index (χ4v) is 5.81. The zero-order chi connectivity index (χ0) is 20.6. The number of aromatic nitrogens is 1. The molecule has 6 heteroatoms. The normalized spacial score (nSPS) is 15.4. The fraction of sp³-hybridized carbons (Fsp3) is 0.478. The number of thiophene rings is 2. The van der Waals surface area contributed by atoms with E-state index in [0.717, 1.165) is 29.5 Å². The molecule has 0 fully saturated rings. The standard InChI is InChI=1S/C23H28N2O2S2/c1-23(2,3)27-22(26)20-19(24)18-17(16-12-9-13-28-16)14-10-7-5-4-6-8-11-15(14)25-21(18)29-20/h9,12-13H,4-8,10-11,24H2,1-3H3. The number of carbonyl (C=O) groups is 1. The third-order valence-electron chi connectivity index (χ3n) is 5.26. The lowest BCUT2D eigenvalue weighted by Crippen LogP contribution is -2.23. The molecule has 3 heterocycles. The molecular formula is C23H28N2O2S2. The monoisotopic (exact) mass is 428 g/mol. The summed E-state index contributed by atoms with van der Waals surface area (Å²) in [4.78, 5) is 20.4. The molecule has 0 unspecified atom stereocenters. The molecule has 0 bridgehead atoms. The van der Waals surface area contributed by atoms with Gasteiger partial charge in [0.1, 0.15) is 15.3 Å². The van der Waals surface area contributed by atoms with Crippen LogP contribution in [0.25, 0.3) is 20.7 Å². The van der Waals surface area contributed by atoms with Gasteiger partial charge in [0.15, 0.2) is 0 Å². The minimum atomic E-state index is -0.559. The van der Waals surface area contributed by atoms with Gasteiger partial charge in [-0.1, -0.05) is 25.3 Å². The molecular weight excluding hydrogens is 400 g/mol. The highest BCUT2D eigenvalue weighted by Crippen LogP contribution is 2.44. The Kier molecular flexibility index (Phi) is 5.67. The first-order valence-electron chi connectivity index (χ1n) is 10.4. The highest BCUT2D eigenvalue weighted by molar-refractivity contribution is 7.21. The largest absolute Gasteiger partial charge is 0.456 e. The number of nitrogens with zero attached hydrogens (tertiary/aromatic N) is 1. The second-order valence-electron chi connectivity index (χ2n) is 8.68. The van der Waals surface area contributed by atoms with Gasteiger partial charge < -0.3 is 10.5 Å². The van der Waals surface area contributed by atoms with Gasteiger partial charge in [-0.05, 0) is 63.5 Å². The van der Waals surface area contributed by atoms with Crippen molar-refractivity contribution in [2.75, 3.05) is 5.73 Å². The number of pyridine rings is 1. The molecule has 0 radical (unpaired) electrons. The molecule has 4 nitrogen and oxygen atoms in total. The first-order valence-corrected chi connectivity index (χ1v) is 12.1. The predicted octanol–water partition coefficient (Wildman–Crippen LogP) is 6.61. The molecule has 4 rings (SSSR count). The summed E-state index contributed by atoms with van der Waals surface area (Å²) < 4.78 is 5.61. The van der Waals surface area contributed by atoms with Gasteiger partial charge in [0.2, 0.25) is 0 Å². The van der Waals surface area contributed by atoms with Crippen LogP contribution < -0.4 is 5.73 Å². The Morgan fingerprint density at radius 1 is 1.14 bits per heavy atom. The summed E-state index contributed by atoms with van der Waals surface area (Å²) in [7, 11) is 0. The molecule has 1 aliphatic carbocycles. The molecule has 0 saturated heterocycles. The van der Waals surface area contributed by atoms with Crippen LogP contribution in [0.4, 0.5) is 5.69 Å². The number of esters is 1. The molecule has 0 atom stereocenters. The number of nitrogens with two attached hydrogens (primary N) is 1. The number of hydrogen-bond acceptors (Lipinski definition) is 6. The van der Waals surface area contributed by atoms with E-state index >= 15 is 0 Å². The van der Waals surface area contributed by atoms with E-state index in [0.29, 0.717) is 10.6 Å². The maximum absolute atomic E-state index is 12.8. The van der Waals surface area contributed by atoms with E-state index in [4.69, 9.17) is 15.5 Å². The average molecular weight is 429 g/mol. The number of carbonyl (C=O) groups excluding carboxylic acids is 1. The number of anilines is 1. The lowest BCUT2D eigenvalue weighted by Gasteiger charge is -2.19. The molecule has 3 aromatic rings. The molecule has 1 aliphatic rings. The SMILES string of the molecule is CC(C)(C)OC(=O)c1sc2nc3c(c(-c4cccs4)c2c1N)CCCCCCC3. The van der Waals surface area contributed by atoms with Crippen LogP contribution in [-0.2, 0) is 17.6 Å². The summed E-state index contributed by atoms with van der Waals surface area (Å²) in [6.07, 6.45) is 8.14. The highest BCUT2D eigenvalue weighted by Gasteiger charge is 2.27. The van der Waals surface area contributed by atoms with E-state index in [2.05, 4.69) is 17.5 Å². The minimum absolute atomic E-state index is 0.362. The lowest BCUT2D eigenvalue weighted by molar-refractivity contribution is 0.00764. The Balaban J connectivity index is 1.94. The Morgan fingerprint density at radius 2 is 1.86 bits per heavy atom. The number of hydrogen-bond donors (Lipinski definition) is 1. The molecule has 0 saturated carbocycles. The van der Waals surface area contributed by atoms with Crippen LogP contribution in [0, 0.1) is 0 Å². The van der Waals surface area contributed by atoms with Gasteiger partial charge in [-0.3, -0.25) is 0 Å². The number of fused-ring (bicyclic) bond motifs is 2. The maximum atomic E-state index is 12.8. The number of nitrogen functional groups attached to an aromatic ring is 1. The molecule has 29 heavy (non-hydrogen) atoms. The van der Waals surface area contributed by atoms with E-state index < -0.39 is 5.60 Å². The molecule has 2 N–H and O–H groups in total.